The van der Waals surface area contributed by atoms with Crippen LogP contribution >= 0.6 is 0 Å². The Labute approximate surface area is 76.9 Å². The number of carbonyl (C=O) groups excluding carboxylic acids is 1. The van der Waals surface area contributed by atoms with Crippen LogP contribution in [0.1, 0.15) is 20.3 Å². The number of rotatable bonds is 3. The van der Waals surface area contributed by atoms with Crippen LogP contribution in [0.25, 0.3) is 0 Å². The van der Waals surface area contributed by atoms with Crippen molar-refractivity contribution < 1.29 is 14.6 Å². The zero-order chi connectivity index (χ0) is 6.41. The van der Waals surface area contributed by atoms with E-state index in [1.807, 2.05) is 0 Å². The zero-order valence-corrected chi connectivity index (χ0v) is 5.14. The second-order valence-electron chi connectivity index (χ2n) is 1.22. The van der Waals surface area contributed by atoms with Crippen LogP contribution in [-0.2, 0) is 14.6 Å². The minimum absolute atomic E-state index is 0. The van der Waals surface area contributed by atoms with E-state index < -0.39 is 0 Å². The molecule has 0 unspecified atom stereocenters. The number of carbonyl (C=O) groups is 1. The molecule has 0 saturated carbocycles. The van der Waals surface area contributed by atoms with E-state index >= 15 is 0 Å². The van der Waals surface area contributed by atoms with Gasteiger partial charge in [0.25, 0.3) is 0 Å². The zero-order valence-electron chi connectivity index (χ0n) is 5.14. The van der Waals surface area contributed by atoms with Gasteiger partial charge in [0.2, 0.25) is 0 Å². The maximum absolute atomic E-state index is 10.2. The molecular formula is C5H11NaO3. The van der Waals surface area contributed by atoms with E-state index in [9.17, 15) is 4.79 Å². The third-order valence-corrected chi connectivity index (χ3v) is 0.558. The van der Waals surface area contributed by atoms with Crippen LogP contribution in [-0.4, -0.2) is 42.1 Å². The van der Waals surface area contributed by atoms with Gasteiger partial charge in [-0.2, -0.15) is 4.89 Å². The van der Waals surface area contributed by atoms with Crippen LogP contribution in [0.5, 0.6) is 0 Å². The van der Waals surface area contributed by atoms with E-state index in [1.54, 1.807) is 13.8 Å². The predicted molar refractivity (Wildman–Crippen MR) is 35.2 cm³/mol. The Kier molecular flexibility index (Phi) is 11.4. The molecule has 0 aliphatic carbocycles. The fourth-order valence-corrected chi connectivity index (χ4v) is 0.184. The molecule has 0 spiro atoms. The molecule has 0 saturated heterocycles. The standard InChI is InChI=1S/C5H10O3.Na.H/c1-3-5(6)8-7-4-2;;/h3-4H2,1-2H3;;. The summed E-state index contributed by atoms with van der Waals surface area (Å²) >= 11 is 0. The van der Waals surface area contributed by atoms with Crippen LogP contribution < -0.4 is 0 Å². The van der Waals surface area contributed by atoms with E-state index in [0.717, 1.165) is 0 Å². The van der Waals surface area contributed by atoms with Gasteiger partial charge in [-0.05, 0) is 6.92 Å². The van der Waals surface area contributed by atoms with Crippen molar-refractivity contribution in [1.82, 2.24) is 0 Å². The van der Waals surface area contributed by atoms with Crippen molar-refractivity contribution in [1.29, 1.82) is 0 Å². The Balaban J connectivity index is 0. The molecule has 0 aromatic heterocycles. The van der Waals surface area contributed by atoms with Crippen LogP contribution in [0.3, 0.4) is 0 Å². The summed E-state index contributed by atoms with van der Waals surface area (Å²) in [5, 5.41) is 0. The molecule has 0 radical (unpaired) electrons. The monoisotopic (exact) mass is 142 g/mol. The summed E-state index contributed by atoms with van der Waals surface area (Å²) in [5.74, 6) is -0.327. The first-order valence-corrected chi connectivity index (χ1v) is 2.63. The fraction of sp³-hybridized carbons (Fsp3) is 0.800. The van der Waals surface area contributed by atoms with Gasteiger partial charge in [-0.15, -0.1) is 0 Å². The third-order valence-electron chi connectivity index (χ3n) is 0.558. The summed E-state index contributed by atoms with van der Waals surface area (Å²) in [5.41, 5.74) is 0. The van der Waals surface area contributed by atoms with E-state index in [-0.39, 0.29) is 35.5 Å². The third kappa shape index (κ3) is 8.43. The van der Waals surface area contributed by atoms with Gasteiger partial charge in [0.05, 0.1) is 6.61 Å². The first-order valence-electron chi connectivity index (χ1n) is 2.63. The Morgan fingerprint density at radius 1 is 1.44 bits per heavy atom. The molecule has 0 aromatic rings. The molecule has 3 nitrogen and oxygen atoms in total. The molecule has 0 rings (SSSR count). The summed E-state index contributed by atoms with van der Waals surface area (Å²) in [6.07, 6.45) is 0.361. The molecule has 9 heavy (non-hydrogen) atoms. The van der Waals surface area contributed by atoms with Crippen molar-refractivity contribution in [3.63, 3.8) is 0 Å². The van der Waals surface area contributed by atoms with Gasteiger partial charge in [0, 0.05) is 6.42 Å². The Morgan fingerprint density at radius 3 is 2.33 bits per heavy atom. The number of hydrogen-bond acceptors (Lipinski definition) is 3. The summed E-state index contributed by atoms with van der Waals surface area (Å²) in [6.45, 7) is 3.87. The predicted octanol–water partition coefficient (Wildman–Crippen LogP) is 0.243. The second kappa shape index (κ2) is 8.43. The molecule has 50 valence electrons. The SMILES string of the molecule is CCOOC(=O)CC.[NaH]. The van der Waals surface area contributed by atoms with Gasteiger partial charge in [0.1, 0.15) is 0 Å². The summed E-state index contributed by atoms with van der Waals surface area (Å²) in [7, 11) is 0. The molecule has 0 atom stereocenters. The average molecular weight is 142 g/mol. The Morgan fingerprint density at radius 2 is 2.00 bits per heavy atom. The van der Waals surface area contributed by atoms with Crippen molar-refractivity contribution in [2.24, 2.45) is 0 Å². The summed E-state index contributed by atoms with van der Waals surface area (Å²) in [4.78, 5) is 18.8. The first-order chi connectivity index (χ1) is 3.81. The van der Waals surface area contributed by atoms with E-state index in [4.69, 9.17) is 0 Å². The van der Waals surface area contributed by atoms with Crippen LogP contribution in [0, 0.1) is 0 Å². The maximum atomic E-state index is 10.2. The topological polar surface area (TPSA) is 35.5 Å². The van der Waals surface area contributed by atoms with Gasteiger partial charge in [-0.1, -0.05) is 6.92 Å². The average Bonchev–Trinajstić information content (AvgIpc) is 1.83. The molecule has 0 bridgehead atoms. The fourth-order valence-electron chi connectivity index (χ4n) is 0.184. The second-order valence-corrected chi connectivity index (χ2v) is 1.22. The van der Waals surface area contributed by atoms with E-state index in [0.29, 0.717) is 13.0 Å². The van der Waals surface area contributed by atoms with Gasteiger partial charge in [-0.25, -0.2) is 4.79 Å². The van der Waals surface area contributed by atoms with Crippen molar-refractivity contribution in [3.05, 3.63) is 0 Å². The van der Waals surface area contributed by atoms with Crippen molar-refractivity contribution in [3.8, 4) is 0 Å². The van der Waals surface area contributed by atoms with Gasteiger partial charge in [0.15, 0.2) is 0 Å². The van der Waals surface area contributed by atoms with Gasteiger partial charge in [-0.3, -0.25) is 4.89 Å². The molecule has 0 heterocycles. The molecule has 0 N–H and O–H groups in total. The number of hydrogen-bond donors (Lipinski definition) is 0. The van der Waals surface area contributed by atoms with Crippen molar-refractivity contribution >= 4 is 35.5 Å². The quantitative estimate of drug-likeness (QED) is 0.322. The molecular weight excluding hydrogens is 131 g/mol. The summed E-state index contributed by atoms with van der Waals surface area (Å²) in [6, 6.07) is 0. The minimum atomic E-state index is -0.327. The van der Waals surface area contributed by atoms with Crippen molar-refractivity contribution in [2.45, 2.75) is 20.3 Å². The van der Waals surface area contributed by atoms with Crippen LogP contribution in [0.2, 0.25) is 0 Å². The molecule has 0 amide bonds. The van der Waals surface area contributed by atoms with Crippen molar-refractivity contribution in [2.75, 3.05) is 6.61 Å². The molecule has 0 aliphatic rings. The molecule has 0 aromatic carbocycles. The Bertz CT molecular complexity index is 74.6. The van der Waals surface area contributed by atoms with E-state index in [2.05, 4.69) is 9.78 Å². The summed E-state index contributed by atoms with van der Waals surface area (Å²) < 4.78 is 0. The first kappa shape index (κ1) is 12.1. The van der Waals surface area contributed by atoms with Gasteiger partial charge >= 0.3 is 35.5 Å². The Hall–Kier alpha value is 0.430. The molecule has 0 fully saturated rings. The normalized spacial score (nSPS) is 7.78. The van der Waals surface area contributed by atoms with Crippen LogP contribution in [0.4, 0.5) is 0 Å². The molecule has 0 aliphatic heterocycles. The van der Waals surface area contributed by atoms with E-state index in [1.165, 1.54) is 0 Å². The van der Waals surface area contributed by atoms with Gasteiger partial charge < -0.3 is 0 Å². The van der Waals surface area contributed by atoms with Crippen LogP contribution in [0.15, 0.2) is 0 Å². The molecule has 4 heteroatoms.